The first-order valence-electron chi connectivity index (χ1n) is 13.5. The van der Waals surface area contributed by atoms with Gasteiger partial charge in [-0.1, -0.05) is 12.5 Å². The molecule has 8 heteroatoms. The van der Waals surface area contributed by atoms with Gasteiger partial charge in [0, 0.05) is 25.6 Å². The highest BCUT2D eigenvalue weighted by Gasteiger charge is 2.35. The van der Waals surface area contributed by atoms with Gasteiger partial charge < -0.3 is 28.6 Å². The summed E-state index contributed by atoms with van der Waals surface area (Å²) >= 11 is 0. The summed E-state index contributed by atoms with van der Waals surface area (Å²) in [5, 5.41) is 0. The first kappa shape index (κ1) is 27.0. The van der Waals surface area contributed by atoms with E-state index in [0.29, 0.717) is 37.6 Å². The zero-order valence-electron chi connectivity index (χ0n) is 22.5. The first-order chi connectivity index (χ1) is 18.0. The number of methoxy groups -OCH3 is 2. The minimum Gasteiger partial charge on any atom is -0.493 e. The van der Waals surface area contributed by atoms with Crippen molar-refractivity contribution in [2.24, 2.45) is 5.92 Å². The molecule has 1 saturated heterocycles. The first-order valence-corrected chi connectivity index (χ1v) is 13.5. The molecular formula is C29H41N3O5. The quantitative estimate of drug-likeness (QED) is 0.406. The third-order valence-corrected chi connectivity index (χ3v) is 7.31. The van der Waals surface area contributed by atoms with Crippen LogP contribution in [0.25, 0.3) is 0 Å². The van der Waals surface area contributed by atoms with Crippen molar-refractivity contribution in [3.63, 3.8) is 0 Å². The van der Waals surface area contributed by atoms with Crippen LogP contribution in [0.15, 0.2) is 34.7 Å². The van der Waals surface area contributed by atoms with Gasteiger partial charge in [-0.15, -0.1) is 0 Å². The van der Waals surface area contributed by atoms with Gasteiger partial charge in [-0.2, -0.15) is 0 Å². The number of piperidine rings is 1. The van der Waals surface area contributed by atoms with E-state index in [9.17, 15) is 9.59 Å². The molecule has 1 aromatic carbocycles. The third kappa shape index (κ3) is 7.74. The van der Waals surface area contributed by atoms with Crippen molar-refractivity contribution in [3.05, 3.63) is 47.4 Å². The molecule has 1 aliphatic carbocycles. The maximum atomic E-state index is 13.6. The second-order valence-electron chi connectivity index (χ2n) is 10.2. The molecule has 0 N–H and O–H groups in total. The Morgan fingerprint density at radius 2 is 1.73 bits per heavy atom. The molecule has 8 nitrogen and oxygen atoms in total. The number of hydrogen-bond donors (Lipinski definition) is 0. The lowest BCUT2D eigenvalue weighted by atomic mass is 10.1. The topological polar surface area (TPSA) is 75.5 Å². The Hall–Kier alpha value is -3.00. The average molecular weight is 512 g/mol. The van der Waals surface area contributed by atoms with Crippen molar-refractivity contribution < 1.29 is 23.5 Å². The van der Waals surface area contributed by atoms with E-state index in [0.717, 1.165) is 49.6 Å². The van der Waals surface area contributed by atoms with Gasteiger partial charge in [-0.05, 0) is 81.9 Å². The van der Waals surface area contributed by atoms with E-state index in [4.69, 9.17) is 13.9 Å². The number of carbonyl (C=O) groups excluding carboxylic acids is 2. The number of hydrogen-bond acceptors (Lipinski definition) is 6. The smallest absolute Gasteiger partial charge is 0.242 e. The summed E-state index contributed by atoms with van der Waals surface area (Å²) in [5.41, 5.74) is 1.04. The normalized spacial score (nSPS) is 15.9. The molecule has 1 aromatic heterocycles. The molecule has 0 radical (unpaired) electrons. The predicted molar refractivity (Wildman–Crippen MR) is 142 cm³/mol. The highest BCUT2D eigenvalue weighted by molar-refractivity contribution is 5.87. The van der Waals surface area contributed by atoms with E-state index in [1.54, 1.807) is 19.1 Å². The fourth-order valence-electron chi connectivity index (χ4n) is 4.91. The maximum Gasteiger partial charge on any atom is 0.242 e. The zero-order valence-corrected chi connectivity index (χ0v) is 22.5. The van der Waals surface area contributed by atoms with E-state index in [2.05, 4.69) is 4.90 Å². The van der Waals surface area contributed by atoms with Crippen molar-refractivity contribution in [3.8, 4) is 11.5 Å². The molecule has 2 aromatic rings. The fourth-order valence-corrected chi connectivity index (χ4v) is 4.91. The molecule has 2 amide bonds. The Kier molecular flexibility index (Phi) is 9.50. The van der Waals surface area contributed by atoms with Gasteiger partial charge in [0.1, 0.15) is 11.5 Å². The molecule has 2 heterocycles. The van der Waals surface area contributed by atoms with Gasteiger partial charge >= 0.3 is 0 Å². The lowest BCUT2D eigenvalue weighted by molar-refractivity contribution is -0.142. The summed E-state index contributed by atoms with van der Waals surface area (Å²) in [4.78, 5) is 32.8. The number of furan rings is 1. The van der Waals surface area contributed by atoms with Gasteiger partial charge in [-0.25, -0.2) is 0 Å². The number of amides is 2. The Labute approximate surface area is 220 Å². The van der Waals surface area contributed by atoms with E-state index in [1.165, 1.54) is 19.3 Å². The summed E-state index contributed by atoms with van der Waals surface area (Å²) in [6, 6.07) is 9.64. The van der Waals surface area contributed by atoms with Crippen molar-refractivity contribution in [2.75, 3.05) is 53.5 Å². The Morgan fingerprint density at radius 1 is 0.973 bits per heavy atom. The van der Waals surface area contributed by atoms with Gasteiger partial charge in [0.25, 0.3) is 0 Å². The summed E-state index contributed by atoms with van der Waals surface area (Å²) in [6.45, 7) is 6.47. The Bertz CT molecular complexity index is 1040. The number of rotatable bonds is 13. The van der Waals surface area contributed by atoms with Crippen molar-refractivity contribution in [1.29, 1.82) is 0 Å². The number of ether oxygens (including phenoxy) is 2. The van der Waals surface area contributed by atoms with Gasteiger partial charge in [0.2, 0.25) is 11.8 Å². The van der Waals surface area contributed by atoms with Crippen LogP contribution in [0.4, 0.5) is 0 Å². The summed E-state index contributed by atoms with van der Waals surface area (Å²) in [7, 11) is 3.23. The average Bonchev–Trinajstić information content (AvgIpc) is 3.69. The van der Waals surface area contributed by atoms with E-state index < -0.39 is 0 Å². The van der Waals surface area contributed by atoms with E-state index >= 15 is 0 Å². The van der Waals surface area contributed by atoms with Gasteiger partial charge in [0.05, 0.1) is 27.3 Å². The second kappa shape index (κ2) is 13.0. The summed E-state index contributed by atoms with van der Waals surface area (Å²) in [5.74, 6) is 3.05. The molecule has 1 aliphatic heterocycles. The Morgan fingerprint density at radius 3 is 2.38 bits per heavy atom. The lowest BCUT2D eigenvalue weighted by Gasteiger charge is -2.31. The maximum absolute atomic E-state index is 13.6. The van der Waals surface area contributed by atoms with Crippen LogP contribution in [0, 0.1) is 12.8 Å². The Balaban J connectivity index is 1.44. The fraction of sp³-hybridized carbons (Fsp3) is 0.586. The molecule has 2 aliphatic rings. The minimum atomic E-state index is -0.0535. The van der Waals surface area contributed by atoms with Gasteiger partial charge in [-0.3, -0.25) is 9.59 Å². The van der Waals surface area contributed by atoms with E-state index in [-0.39, 0.29) is 24.3 Å². The number of carbonyl (C=O) groups is 2. The molecular weight excluding hydrogens is 470 g/mol. The zero-order chi connectivity index (χ0) is 26.2. The molecule has 0 unspecified atom stereocenters. The molecule has 202 valence electrons. The highest BCUT2D eigenvalue weighted by atomic mass is 16.5. The monoisotopic (exact) mass is 511 g/mol. The molecule has 4 rings (SSSR count). The lowest BCUT2D eigenvalue weighted by Crippen LogP contribution is -2.47. The van der Waals surface area contributed by atoms with Crippen LogP contribution < -0.4 is 9.47 Å². The van der Waals surface area contributed by atoms with Crippen molar-refractivity contribution >= 4 is 11.8 Å². The second-order valence-corrected chi connectivity index (χ2v) is 10.2. The number of likely N-dealkylation sites (tertiary alicyclic amines) is 1. The van der Waals surface area contributed by atoms with Crippen LogP contribution in [0.5, 0.6) is 11.5 Å². The molecule has 0 atom stereocenters. The standard InChI is InChI=1S/C29H41N3O5/c1-22-7-11-25(37-22)20-31(16-13-23-8-12-26(35-2)27(19-23)36-3)28(33)21-32(29(34)24-9-10-24)18-17-30-14-5-4-6-15-30/h7-8,11-12,19,24H,4-6,9-10,13-18,20-21H2,1-3H3. The van der Waals surface area contributed by atoms with Crippen LogP contribution >= 0.6 is 0 Å². The molecule has 37 heavy (non-hydrogen) atoms. The molecule has 2 fully saturated rings. The van der Waals surface area contributed by atoms with Crippen molar-refractivity contribution in [1.82, 2.24) is 14.7 Å². The number of aryl methyl sites for hydroxylation is 1. The van der Waals surface area contributed by atoms with E-state index in [1.807, 2.05) is 42.2 Å². The SMILES string of the molecule is COc1ccc(CCN(Cc2ccc(C)o2)C(=O)CN(CCN2CCCCC2)C(=O)C2CC2)cc1OC. The van der Waals surface area contributed by atoms with Gasteiger partial charge in [0.15, 0.2) is 11.5 Å². The predicted octanol–water partition coefficient (Wildman–Crippen LogP) is 3.90. The number of benzene rings is 1. The largest absolute Gasteiger partial charge is 0.493 e. The molecule has 1 saturated carbocycles. The number of nitrogens with zero attached hydrogens (tertiary/aromatic N) is 3. The van der Waals surface area contributed by atoms with Crippen LogP contribution in [0.3, 0.4) is 0 Å². The molecule has 0 spiro atoms. The van der Waals surface area contributed by atoms with Crippen LogP contribution in [-0.2, 0) is 22.6 Å². The van der Waals surface area contributed by atoms with Crippen molar-refractivity contribution in [2.45, 2.75) is 52.0 Å². The minimum absolute atomic E-state index is 0.0535. The van der Waals surface area contributed by atoms with Crippen LogP contribution in [0.1, 0.15) is 49.2 Å². The summed E-state index contributed by atoms with van der Waals surface area (Å²) in [6.07, 6.45) is 6.21. The third-order valence-electron chi connectivity index (χ3n) is 7.31. The highest BCUT2D eigenvalue weighted by Crippen LogP contribution is 2.31. The summed E-state index contributed by atoms with van der Waals surface area (Å²) < 4.78 is 16.6. The van der Waals surface area contributed by atoms with Crippen LogP contribution in [0.2, 0.25) is 0 Å². The van der Waals surface area contributed by atoms with Crippen LogP contribution in [-0.4, -0.2) is 80.0 Å². The molecule has 0 bridgehead atoms.